The van der Waals surface area contributed by atoms with Crippen molar-refractivity contribution in [2.45, 2.75) is 42.9 Å². The first-order chi connectivity index (χ1) is 18.2. The molecule has 0 spiro atoms. The highest BCUT2D eigenvalue weighted by Gasteiger charge is 2.43. The van der Waals surface area contributed by atoms with Crippen LogP contribution in [0.3, 0.4) is 0 Å². The van der Waals surface area contributed by atoms with Gasteiger partial charge in [-0.05, 0) is 35.4 Å². The Kier molecular flexibility index (Phi) is 10.7. The van der Waals surface area contributed by atoms with Crippen molar-refractivity contribution >= 4 is 6.08 Å². The molecule has 2 unspecified atom stereocenters. The van der Waals surface area contributed by atoms with Crippen LogP contribution >= 0.6 is 0 Å². The second-order valence-electron chi connectivity index (χ2n) is 8.56. The molecule has 7 N–H and O–H groups in total. The Morgan fingerprint density at radius 1 is 0.921 bits per heavy atom. The van der Waals surface area contributed by atoms with Crippen molar-refractivity contribution in [3.05, 3.63) is 53.6 Å². The summed E-state index contributed by atoms with van der Waals surface area (Å²) in [6.45, 7) is -1.07. The lowest BCUT2D eigenvalue weighted by atomic mass is 9.99. The van der Waals surface area contributed by atoms with Crippen LogP contribution in [0.25, 0.3) is 6.08 Å². The fraction of sp³-hybridized carbons (Fsp3) is 0.462. The summed E-state index contributed by atoms with van der Waals surface area (Å²) in [5.41, 5.74) is 1.06. The van der Waals surface area contributed by atoms with E-state index >= 15 is 0 Å². The van der Waals surface area contributed by atoms with Crippen LogP contribution in [0.4, 0.5) is 0 Å². The standard InChI is InChI=1S/C26H34O12/c1-34-18-11-15(6-7-16(18)29)22(30)20(12-27)37-17-8-5-14(10-19(17)35-2)4-3-9-36-26-25(33)24(32)23(31)21(13-28)38-26/h3-8,10-11,20-33H,9,12-13H2,1-2H3/b4-3+/t20?,21-,22?,23-,24+,25-,26-/m1/s1. The van der Waals surface area contributed by atoms with Crippen molar-refractivity contribution in [3.8, 4) is 23.0 Å². The van der Waals surface area contributed by atoms with Crippen LogP contribution in [0.15, 0.2) is 42.5 Å². The van der Waals surface area contributed by atoms with Gasteiger partial charge >= 0.3 is 0 Å². The highest BCUT2D eigenvalue weighted by molar-refractivity contribution is 5.56. The van der Waals surface area contributed by atoms with Crippen molar-refractivity contribution < 1.29 is 59.4 Å². The van der Waals surface area contributed by atoms with E-state index in [2.05, 4.69) is 0 Å². The molecule has 2 aromatic rings. The summed E-state index contributed by atoms with van der Waals surface area (Å²) in [7, 11) is 2.82. The molecule has 38 heavy (non-hydrogen) atoms. The maximum atomic E-state index is 10.7. The number of phenolic OH excluding ortho intramolecular Hbond substituents is 1. The first kappa shape index (κ1) is 29.6. The van der Waals surface area contributed by atoms with E-state index in [-0.39, 0.29) is 23.9 Å². The number of methoxy groups -OCH3 is 2. The minimum atomic E-state index is -1.52. The van der Waals surface area contributed by atoms with Gasteiger partial charge in [-0.1, -0.05) is 24.3 Å². The van der Waals surface area contributed by atoms with Crippen molar-refractivity contribution in [1.82, 2.24) is 0 Å². The number of benzene rings is 2. The monoisotopic (exact) mass is 538 g/mol. The topological polar surface area (TPSA) is 188 Å². The molecule has 7 atom stereocenters. The summed E-state index contributed by atoms with van der Waals surface area (Å²) < 4.78 is 27.0. The highest BCUT2D eigenvalue weighted by atomic mass is 16.7. The largest absolute Gasteiger partial charge is 0.504 e. The maximum Gasteiger partial charge on any atom is 0.187 e. The molecule has 0 bridgehead atoms. The van der Waals surface area contributed by atoms with Crippen LogP contribution in [0.1, 0.15) is 17.2 Å². The molecule has 0 radical (unpaired) electrons. The lowest BCUT2D eigenvalue weighted by Gasteiger charge is -2.39. The fourth-order valence-corrected chi connectivity index (χ4v) is 3.88. The van der Waals surface area contributed by atoms with E-state index in [4.69, 9.17) is 23.7 Å². The first-order valence-electron chi connectivity index (χ1n) is 11.8. The van der Waals surface area contributed by atoms with Crippen LogP contribution in [0, 0.1) is 0 Å². The van der Waals surface area contributed by atoms with Gasteiger partial charge in [0.05, 0.1) is 34.0 Å². The van der Waals surface area contributed by atoms with E-state index in [0.717, 1.165) is 0 Å². The summed E-state index contributed by atoms with van der Waals surface area (Å²) in [6.07, 6.45) is -5.75. The van der Waals surface area contributed by atoms with Crippen LogP contribution in [-0.2, 0) is 9.47 Å². The molecule has 12 nitrogen and oxygen atoms in total. The summed E-state index contributed by atoms with van der Waals surface area (Å²) in [5.74, 6) is 0.679. The molecule has 2 aromatic carbocycles. The summed E-state index contributed by atoms with van der Waals surface area (Å²) >= 11 is 0. The van der Waals surface area contributed by atoms with Crippen LogP contribution in [0.5, 0.6) is 23.0 Å². The molecule has 1 fully saturated rings. The van der Waals surface area contributed by atoms with Crippen LogP contribution in [-0.4, -0.2) is 107 Å². The summed E-state index contributed by atoms with van der Waals surface area (Å²) in [5, 5.41) is 69.3. The summed E-state index contributed by atoms with van der Waals surface area (Å²) in [6, 6.07) is 9.27. The predicted molar refractivity (Wildman–Crippen MR) is 133 cm³/mol. The van der Waals surface area contributed by atoms with Crippen LogP contribution in [0.2, 0.25) is 0 Å². The van der Waals surface area contributed by atoms with Gasteiger partial charge in [0.1, 0.15) is 30.5 Å². The third kappa shape index (κ3) is 6.92. The second-order valence-corrected chi connectivity index (χ2v) is 8.56. The number of hydrogen-bond donors (Lipinski definition) is 7. The number of phenols is 1. The van der Waals surface area contributed by atoms with Gasteiger partial charge in [-0.25, -0.2) is 0 Å². The van der Waals surface area contributed by atoms with Crippen molar-refractivity contribution in [3.63, 3.8) is 0 Å². The minimum Gasteiger partial charge on any atom is -0.504 e. The predicted octanol–water partition coefficient (Wildman–Crippen LogP) is -0.288. The molecule has 210 valence electrons. The molecule has 1 saturated heterocycles. The molecule has 1 heterocycles. The van der Waals surface area contributed by atoms with Gasteiger partial charge in [-0.3, -0.25) is 0 Å². The first-order valence-corrected chi connectivity index (χ1v) is 11.8. The quantitative estimate of drug-likeness (QED) is 0.187. The van der Waals surface area contributed by atoms with Gasteiger partial charge in [0, 0.05) is 0 Å². The average molecular weight is 539 g/mol. The SMILES string of the molecule is COc1cc(C(O)C(CO)Oc2ccc(/C=C/CO[C@@H]3O[C@H](CO)[C@@H](O)[C@H](O)[C@H]3O)cc2OC)ccc1O. The molecule has 1 aliphatic heterocycles. The number of aliphatic hydroxyl groups excluding tert-OH is 6. The third-order valence-electron chi connectivity index (χ3n) is 6.06. The van der Waals surface area contributed by atoms with Gasteiger partial charge in [0.25, 0.3) is 0 Å². The van der Waals surface area contributed by atoms with Gasteiger partial charge in [-0.15, -0.1) is 0 Å². The molecule has 0 amide bonds. The van der Waals surface area contributed by atoms with E-state index in [1.54, 1.807) is 30.4 Å². The Hall–Kier alpha value is -2.94. The Balaban J connectivity index is 1.63. The Bertz CT molecular complexity index is 1060. The Labute approximate surface area is 219 Å². The molecule has 0 aliphatic carbocycles. The average Bonchev–Trinajstić information content (AvgIpc) is 2.94. The number of hydrogen-bond acceptors (Lipinski definition) is 12. The number of aromatic hydroxyl groups is 1. The lowest BCUT2D eigenvalue weighted by Crippen LogP contribution is -2.59. The van der Waals surface area contributed by atoms with E-state index in [9.17, 15) is 35.7 Å². The van der Waals surface area contributed by atoms with E-state index in [1.165, 1.54) is 32.4 Å². The van der Waals surface area contributed by atoms with E-state index in [1.807, 2.05) is 0 Å². The zero-order valence-electron chi connectivity index (χ0n) is 21.0. The molecule has 1 aliphatic rings. The fourth-order valence-electron chi connectivity index (χ4n) is 3.88. The maximum absolute atomic E-state index is 10.7. The normalized spacial score (nSPS) is 25.2. The molecular weight excluding hydrogens is 504 g/mol. The zero-order chi connectivity index (χ0) is 27.8. The zero-order valence-corrected chi connectivity index (χ0v) is 21.0. The molecule has 12 heteroatoms. The molecule has 0 aromatic heterocycles. The van der Waals surface area contributed by atoms with Crippen molar-refractivity contribution in [2.75, 3.05) is 34.0 Å². The smallest absolute Gasteiger partial charge is 0.187 e. The lowest BCUT2D eigenvalue weighted by molar-refractivity contribution is -0.298. The minimum absolute atomic E-state index is 0.0157. The van der Waals surface area contributed by atoms with Crippen molar-refractivity contribution in [1.29, 1.82) is 0 Å². The van der Waals surface area contributed by atoms with Gasteiger partial charge in [0.2, 0.25) is 0 Å². The van der Waals surface area contributed by atoms with Gasteiger partial charge in [-0.2, -0.15) is 0 Å². The highest BCUT2D eigenvalue weighted by Crippen LogP contribution is 2.34. The Morgan fingerprint density at radius 3 is 2.32 bits per heavy atom. The summed E-state index contributed by atoms with van der Waals surface area (Å²) in [4.78, 5) is 0. The van der Waals surface area contributed by atoms with Crippen LogP contribution < -0.4 is 14.2 Å². The number of aliphatic hydroxyl groups is 6. The number of ether oxygens (including phenoxy) is 5. The van der Waals surface area contributed by atoms with Gasteiger partial charge in [0.15, 0.2) is 35.4 Å². The molecule has 3 rings (SSSR count). The molecular formula is C26H34O12. The third-order valence-corrected chi connectivity index (χ3v) is 6.06. The number of rotatable bonds is 12. The Morgan fingerprint density at radius 2 is 1.66 bits per heavy atom. The van der Waals surface area contributed by atoms with E-state index in [0.29, 0.717) is 16.9 Å². The van der Waals surface area contributed by atoms with E-state index < -0.39 is 56.1 Å². The van der Waals surface area contributed by atoms with Gasteiger partial charge < -0.3 is 59.4 Å². The molecule has 0 saturated carbocycles. The van der Waals surface area contributed by atoms with Crippen molar-refractivity contribution in [2.24, 2.45) is 0 Å². The second kappa shape index (κ2) is 13.7.